The Morgan fingerprint density at radius 2 is 2.12 bits per heavy atom. The minimum atomic E-state index is -0.870. The van der Waals surface area contributed by atoms with Crippen LogP contribution in [0.2, 0.25) is 0 Å². The van der Waals surface area contributed by atoms with Crippen LogP contribution in [-0.4, -0.2) is 24.7 Å². The van der Waals surface area contributed by atoms with Gasteiger partial charge in [-0.05, 0) is 0 Å². The quantitative estimate of drug-likeness (QED) is 0.399. The van der Waals surface area contributed by atoms with Gasteiger partial charge in [-0.15, -0.1) is 0 Å². The largest absolute Gasteiger partial charge is 0.379 e. The smallest absolute Gasteiger partial charge is 0.109 e. The van der Waals surface area contributed by atoms with Crippen molar-refractivity contribution in [2.24, 2.45) is 11.5 Å². The third-order valence-corrected chi connectivity index (χ3v) is 0.777. The monoisotopic (exact) mass is 120 g/mol. The zero-order chi connectivity index (χ0) is 6.57. The first kappa shape index (κ1) is 7.84. The van der Waals surface area contributed by atoms with Crippen molar-refractivity contribution >= 4 is 0 Å². The minimum absolute atomic E-state index is 0.274. The molecule has 0 aliphatic heterocycles. The molecule has 0 aromatic rings. The first-order valence-electron chi connectivity index (χ1n) is 2.39. The lowest BCUT2D eigenvalue weighted by atomic mass is 10.3. The highest BCUT2D eigenvalue weighted by molar-refractivity contribution is 4.50. The van der Waals surface area contributed by atoms with Crippen LogP contribution in [-0.2, 0) is 4.74 Å². The van der Waals surface area contributed by atoms with Gasteiger partial charge in [0.1, 0.15) is 12.5 Å². The lowest BCUT2D eigenvalue weighted by molar-refractivity contribution is 0.0517. The summed E-state index contributed by atoms with van der Waals surface area (Å²) in [5.74, 6) is 0. The molecule has 0 radical (unpaired) electrons. The molecule has 5 N–H and O–H groups in total. The number of rotatable bonds is 3. The Bertz CT molecular complexity index is 58.0. The van der Waals surface area contributed by atoms with E-state index in [2.05, 4.69) is 4.74 Å². The van der Waals surface area contributed by atoms with Crippen molar-refractivity contribution in [3.8, 4) is 0 Å². The molecule has 0 heterocycles. The van der Waals surface area contributed by atoms with E-state index in [0.717, 1.165) is 0 Å². The fraction of sp³-hybridized carbons (Fsp3) is 1.00. The summed E-state index contributed by atoms with van der Waals surface area (Å²) in [4.78, 5) is 0. The Kier molecular flexibility index (Phi) is 3.72. The molecule has 2 atom stereocenters. The van der Waals surface area contributed by atoms with E-state index < -0.39 is 12.5 Å². The van der Waals surface area contributed by atoms with Gasteiger partial charge in [-0.1, -0.05) is 0 Å². The molecule has 0 saturated carbocycles. The molecule has 0 aliphatic rings. The molecule has 4 nitrogen and oxygen atoms in total. The lowest BCUT2D eigenvalue weighted by Crippen LogP contribution is -2.32. The van der Waals surface area contributed by atoms with Gasteiger partial charge in [0.05, 0.1) is 0 Å². The fourth-order valence-corrected chi connectivity index (χ4v) is 0.334. The van der Waals surface area contributed by atoms with Gasteiger partial charge in [-0.3, -0.25) is 0 Å². The molecule has 4 heteroatoms. The highest BCUT2D eigenvalue weighted by Crippen LogP contribution is 1.88. The van der Waals surface area contributed by atoms with E-state index >= 15 is 0 Å². The number of hydrogen-bond donors (Lipinski definition) is 3. The second kappa shape index (κ2) is 3.80. The lowest BCUT2D eigenvalue weighted by Gasteiger charge is -2.09. The molecule has 0 bridgehead atoms. The summed E-state index contributed by atoms with van der Waals surface area (Å²) in [6, 6.07) is 0. The number of ether oxygens (including phenoxy) is 1. The van der Waals surface area contributed by atoms with E-state index in [1.165, 1.54) is 7.11 Å². The summed E-state index contributed by atoms with van der Waals surface area (Å²) in [5.41, 5.74) is 10.2. The van der Waals surface area contributed by atoms with Crippen molar-refractivity contribution in [1.29, 1.82) is 0 Å². The molecular weight excluding hydrogens is 108 g/mol. The predicted octanol–water partition coefficient (Wildman–Crippen LogP) is -1.42. The zero-order valence-corrected chi connectivity index (χ0v) is 4.87. The Hall–Kier alpha value is -0.160. The number of hydrogen-bond acceptors (Lipinski definition) is 4. The van der Waals surface area contributed by atoms with Gasteiger partial charge in [0, 0.05) is 13.5 Å². The fourth-order valence-electron chi connectivity index (χ4n) is 0.334. The second-order valence-electron chi connectivity index (χ2n) is 1.58. The van der Waals surface area contributed by atoms with Gasteiger partial charge in [0.25, 0.3) is 0 Å². The van der Waals surface area contributed by atoms with Crippen molar-refractivity contribution < 1.29 is 9.84 Å². The average Bonchev–Trinajstić information content (AvgIpc) is 1.65. The van der Waals surface area contributed by atoms with E-state index in [-0.39, 0.29) is 6.42 Å². The maximum Gasteiger partial charge on any atom is 0.109 e. The third kappa shape index (κ3) is 4.01. The van der Waals surface area contributed by atoms with E-state index in [1.807, 2.05) is 0 Å². The Morgan fingerprint density at radius 3 is 2.25 bits per heavy atom. The van der Waals surface area contributed by atoms with Crippen molar-refractivity contribution in [3.05, 3.63) is 0 Å². The maximum atomic E-state index is 8.47. The maximum absolute atomic E-state index is 8.47. The minimum Gasteiger partial charge on any atom is -0.379 e. The van der Waals surface area contributed by atoms with Crippen LogP contribution >= 0.6 is 0 Å². The van der Waals surface area contributed by atoms with Gasteiger partial charge in [0.2, 0.25) is 0 Å². The van der Waals surface area contributed by atoms with E-state index in [1.54, 1.807) is 0 Å². The first-order valence-corrected chi connectivity index (χ1v) is 2.39. The van der Waals surface area contributed by atoms with Crippen molar-refractivity contribution in [3.63, 3.8) is 0 Å². The number of methoxy groups -OCH3 is 1. The third-order valence-electron chi connectivity index (χ3n) is 0.777. The van der Waals surface area contributed by atoms with Crippen molar-refractivity contribution in [1.82, 2.24) is 0 Å². The summed E-state index contributed by atoms with van der Waals surface area (Å²) in [6.07, 6.45) is -1.05. The molecule has 50 valence electrons. The van der Waals surface area contributed by atoms with Crippen LogP contribution < -0.4 is 11.5 Å². The van der Waals surface area contributed by atoms with Crippen LogP contribution in [0.3, 0.4) is 0 Å². The molecule has 0 aromatic carbocycles. The normalized spacial score (nSPS) is 18.0. The summed E-state index contributed by atoms with van der Waals surface area (Å²) in [7, 11) is 1.47. The van der Waals surface area contributed by atoms with Gasteiger partial charge in [0.15, 0.2) is 0 Å². The number of aliphatic hydroxyl groups is 1. The highest BCUT2D eigenvalue weighted by Gasteiger charge is 2.02. The van der Waals surface area contributed by atoms with Crippen LogP contribution in [0.25, 0.3) is 0 Å². The second-order valence-corrected chi connectivity index (χ2v) is 1.58. The Morgan fingerprint density at radius 1 is 1.62 bits per heavy atom. The molecule has 0 rings (SSSR count). The topological polar surface area (TPSA) is 81.5 Å². The SMILES string of the molecule is COC(N)CC(N)O. The average molecular weight is 120 g/mol. The summed E-state index contributed by atoms with van der Waals surface area (Å²) < 4.78 is 4.60. The molecule has 2 unspecified atom stereocenters. The molecule has 0 fully saturated rings. The predicted molar refractivity (Wildman–Crippen MR) is 29.8 cm³/mol. The van der Waals surface area contributed by atoms with Gasteiger partial charge < -0.3 is 21.3 Å². The van der Waals surface area contributed by atoms with Gasteiger partial charge in [-0.2, -0.15) is 0 Å². The molecule has 0 spiro atoms. The van der Waals surface area contributed by atoms with Crippen LogP contribution in [0, 0.1) is 0 Å². The van der Waals surface area contributed by atoms with Crippen LogP contribution in [0.1, 0.15) is 6.42 Å². The molecule has 0 aliphatic carbocycles. The van der Waals surface area contributed by atoms with E-state index in [0.29, 0.717) is 0 Å². The standard InChI is InChI=1S/C4H12N2O2/c1-8-4(6)2-3(5)7/h3-4,7H,2,5-6H2,1H3. The van der Waals surface area contributed by atoms with Gasteiger partial charge >= 0.3 is 0 Å². The molecule has 0 aromatic heterocycles. The van der Waals surface area contributed by atoms with Crippen LogP contribution in [0.4, 0.5) is 0 Å². The molecular formula is C4H12N2O2. The highest BCUT2D eigenvalue weighted by atomic mass is 16.5. The Balaban J connectivity index is 3.10. The number of nitrogens with two attached hydrogens (primary N) is 2. The van der Waals surface area contributed by atoms with Crippen molar-refractivity contribution in [2.75, 3.05) is 7.11 Å². The van der Waals surface area contributed by atoms with E-state index in [4.69, 9.17) is 16.6 Å². The molecule has 0 amide bonds. The van der Waals surface area contributed by atoms with Crippen LogP contribution in [0.15, 0.2) is 0 Å². The van der Waals surface area contributed by atoms with E-state index in [9.17, 15) is 0 Å². The summed E-state index contributed by atoms with van der Waals surface area (Å²) in [6.45, 7) is 0. The zero-order valence-electron chi connectivity index (χ0n) is 4.87. The van der Waals surface area contributed by atoms with Crippen LogP contribution in [0.5, 0.6) is 0 Å². The summed E-state index contributed by atoms with van der Waals surface area (Å²) >= 11 is 0. The molecule has 8 heavy (non-hydrogen) atoms. The van der Waals surface area contributed by atoms with Gasteiger partial charge in [-0.25, -0.2) is 0 Å². The number of aliphatic hydroxyl groups excluding tert-OH is 1. The summed E-state index contributed by atoms with van der Waals surface area (Å²) in [5, 5.41) is 8.47. The molecule has 0 saturated heterocycles. The first-order chi connectivity index (χ1) is 3.66. The Labute approximate surface area is 48.4 Å². The van der Waals surface area contributed by atoms with Crippen molar-refractivity contribution in [2.45, 2.75) is 18.9 Å².